The molecule has 13 heavy (non-hydrogen) atoms. The van der Waals surface area contributed by atoms with Crippen molar-refractivity contribution in [2.75, 3.05) is 19.7 Å². The van der Waals surface area contributed by atoms with Gasteiger partial charge >= 0.3 is 0 Å². The van der Waals surface area contributed by atoms with Crippen molar-refractivity contribution in [1.82, 2.24) is 4.90 Å². The van der Waals surface area contributed by atoms with E-state index >= 15 is 0 Å². The molecule has 1 saturated heterocycles. The highest BCUT2D eigenvalue weighted by atomic mass is 16.3. The highest BCUT2D eigenvalue weighted by molar-refractivity contribution is 5.75. The Bertz CT molecular complexity index is 231. The highest BCUT2D eigenvalue weighted by Gasteiger charge is 2.49. The number of nitrogens with two attached hydrogens (primary N) is 1. The van der Waals surface area contributed by atoms with Gasteiger partial charge in [-0.05, 0) is 18.8 Å². The van der Waals surface area contributed by atoms with Gasteiger partial charge in [-0.15, -0.1) is 0 Å². The maximum absolute atomic E-state index is 9.39. The molecule has 0 amide bonds. The Hall–Kier alpha value is -0.770. The van der Waals surface area contributed by atoms with E-state index in [9.17, 15) is 5.11 Å². The average molecular weight is 183 g/mol. The molecular formula is C9H17N3O. The van der Waals surface area contributed by atoms with Crippen molar-refractivity contribution >= 4 is 5.96 Å². The zero-order chi connectivity index (χ0) is 9.47. The molecule has 1 aliphatic carbocycles. The highest BCUT2D eigenvalue weighted by Crippen LogP contribution is 2.47. The van der Waals surface area contributed by atoms with Gasteiger partial charge in [0.25, 0.3) is 0 Å². The van der Waals surface area contributed by atoms with Crippen molar-refractivity contribution in [1.29, 1.82) is 5.41 Å². The quantitative estimate of drug-likeness (QED) is 0.395. The maximum atomic E-state index is 9.39. The third kappa shape index (κ3) is 1.20. The van der Waals surface area contributed by atoms with Crippen LogP contribution in [0.25, 0.3) is 0 Å². The first-order chi connectivity index (χ1) is 6.18. The topological polar surface area (TPSA) is 73.3 Å². The molecule has 0 aromatic rings. The largest absolute Gasteiger partial charge is 0.396 e. The molecule has 1 aliphatic heterocycles. The Morgan fingerprint density at radius 2 is 2.46 bits per heavy atom. The average Bonchev–Trinajstić information content (AvgIpc) is 2.58. The molecule has 0 unspecified atom stereocenters. The van der Waals surface area contributed by atoms with Crippen molar-refractivity contribution < 1.29 is 5.11 Å². The molecule has 2 aliphatic rings. The van der Waals surface area contributed by atoms with E-state index in [-0.39, 0.29) is 18.0 Å². The summed E-state index contributed by atoms with van der Waals surface area (Å²) in [5, 5.41) is 16.7. The monoisotopic (exact) mass is 183 g/mol. The predicted octanol–water partition coefficient (Wildman–Crippen LogP) is -0.0257. The maximum Gasteiger partial charge on any atom is 0.188 e. The Balaban J connectivity index is 2.13. The molecule has 4 heteroatoms. The van der Waals surface area contributed by atoms with Gasteiger partial charge in [0.15, 0.2) is 5.96 Å². The van der Waals surface area contributed by atoms with Gasteiger partial charge in [-0.25, -0.2) is 0 Å². The van der Waals surface area contributed by atoms with Crippen LogP contribution in [-0.2, 0) is 0 Å². The molecule has 4 N–H and O–H groups in total. The molecule has 2 rings (SSSR count). The number of hydrogen-bond acceptors (Lipinski definition) is 2. The van der Waals surface area contributed by atoms with Gasteiger partial charge < -0.3 is 15.7 Å². The molecule has 0 radical (unpaired) electrons. The van der Waals surface area contributed by atoms with Crippen LogP contribution in [0.5, 0.6) is 0 Å². The fourth-order valence-electron chi connectivity index (χ4n) is 2.86. The summed E-state index contributed by atoms with van der Waals surface area (Å²) in [5.74, 6) is 0.712. The molecule has 1 saturated carbocycles. The number of likely N-dealkylation sites (tertiary alicyclic amines) is 1. The van der Waals surface area contributed by atoms with Gasteiger partial charge in [-0.1, -0.05) is 6.42 Å². The molecular weight excluding hydrogens is 166 g/mol. The number of hydrogen-bond donors (Lipinski definition) is 3. The van der Waals surface area contributed by atoms with E-state index in [0.717, 1.165) is 19.5 Å². The normalized spacial score (nSPS) is 37.9. The lowest BCUT2D eigenvalue weighted by Crippen LogP contribution is -2.37. The van der Waals surface area contributed by atoms with Crippen molar-refractivity contribution in [3.05, 3.63) is 0 Å². The second-order valence-electron chi connectivity index (χ2n) is 4.38. The third-order valence-corrected chi connectivity index (χ3v) is 3.70. The Morgan fingerprint density at radius 1 is 1.69 bits per heavy atom. The molecule has 1 heterocycles. The first-order valence-corrected chi connectivity index (χ1v) is 4.88. The first-order valence-electron chi connectivity index (χ1n) is 4.88. The molecule has 0 aromatic heterocycles. The minimum absolute atomic E-state index is 0.0612. The van der Waals surface area contributed by atoms with E-state index in [1.165, 1.54) is 12.8 Å². The Kier molecular flexibility index (Phi) is 1.95. The molecule has 0 aromatic carbocycles. The van der Waals surface area contributed by atoms with Crippen molar-refractivity contribution in [2.45, 2.75) is 19.3 Å². The summed E-state index contributed by atoms with van der Waals surface area (Å²) in [6, 6.07) is 0. The Morgan fingerprint density at radius 3 is 3.00 bits per heavy atom. The van der Waals surface area contributed by atoms with Crippen LogP contribution in [-0.4, -0.2) is 35.7 Å². The summed E-state index contributed by atoms with van der Waals surface area (Å²) >= 11 is 0. The number of aliphatic hydroxyl groups excluding tert-OH is 1. The molecule has 0 bridgehead atoms. The summed E-state index contributed by atoms with van der Waals surface area (Å²) in [5.41, 5.74) is 5.50. The van der Waals surface area contributed by atoms with E-state index in [1.54, 1.807) is 0 Å². The van der Waals surface area contributed by atoms with Gasteiger partial charge in [-0.2, -0.15) is 0 Å². The smallest absolute Gasteiger partial charge is 0.188 e. The molecule has 74 valence electrons. The predicted molar refractivity (Wildman–Crippen MR) is 50.3 cm³/mol. The fraction of sp³-hybridized carbons (Fsp3) is 0.889. The summed E-state index contributed by atoms with van der Waals surface area (Å²) in [6.45, 7) is 1.90. The SMILES string of the molecule is N=C(N)N1C[C@H]2CCC[C@]2(CO)C1. The Labute approximate surface area is 78.2 Å². The van der Waals surface area contributed by atoms with Crippen LogP contribution in [0.2, 0.25) is 0 Å². The zero-order valence-electron chi connectivity index (χ0n) is 7.79. The van der Waals surface area contributed by atoms with Crippen molar-refractivity contribution in [2.24, 2.45) is 17.1 Å². The lowest BCUT2D eigenvalue weighted by molar-refractivity contribution is 0.116. The second-order valence-corrected chi connectivity index (χ2v) is 4.38. The third-order valence-electron chi connectivity index (χ3n) is 3.70. The summed E-state index contributed by atoms with van der Waals surface area (Å²) in [7, 11) is 0. The van der Waals surface area contributed by atoms with Crippen molar-refractivity contribution in [3.8, 4) is 0 Å². The van der Waals surface area contributed by atoms with Crippen LogP contribution in [0.15, 0.2) is 0 Å². The first kappa shape index (κ1) is 8.81. The fourth-order valence-corrected chi connectivity index (χ4v) is 2.86. The van der Waals surface area contributed by atoms with E-state index in [2.05, 4.69) is 0 Å². The zero-order valence-corrected chi connectivity index (χ0v) is 7.79. The van der Waals surface area contributed by atoms with Crippen LogP contribution in [0.3, 0.4) is 0 Å². The minimum atomic E-state index is 0.0612. The van der Waals surface area contributed by atoms with Gasteiger partial charge in [-0.3, -0.25) is 5.41 Å². The summed E-state index contributed by atoms with van der Waals surface area (Å²) in [6.07, 6.45) is 3.50. The standard InChI is InChI=1S/C9H17N3O/c10-8(11)12-4-7-2-1-3-9(7,5-12)6-13/h7,13H,1-6H2,(H3,10,11)/t7-,9-/m1/s1. The number of aliphatic hydroxyl groups is 1. The number of fused-ring (bicyclic) bond motifs is 1. The van der Waals surface area contributed by atoms with Crippen LogP contribution >= 0.6 is 0 Å². The molecule has 0 spiro atoms. The van der Waals surface area contributed by atoms with Crippen LogP contribution in [0.1, 0.15) is 19.3 Å². The van der Waals surface area contributed by atoms with Crippen LogP contribution in [0, 0.1) is 16.7 Å². The van der Waals surface area contributed by atoms with E-state index in [1.807, 2.05) is 4.90 Å². The van der Waals surface area contributed by atoms with Crippen molar-refractivity contribution in [3.63, 3.8) is 0 Å². The molecule has 2 fully saturated rings. The lowest BCUT2D eigenvalue weighted by atomic mass is 9.82. The number of rotatable bonds is 1. The van der Waals surface area contributed by atoms with Gasteiger partial charge in [0, 0.05) is 18.5 Å². The van der Waals surface area contributed by atoms with E-state index in [4.69, 9.17) is 11.1 Å². The van der Waals surface area contributed by atoms with E-state index in [0.29, 0.717) is 5.92 Å². The van der Waals surface area contributed by atoms with E-state index < -0.39 is 0 Å². The molecule has 4 nitrogen and oxygen atoms in total. The number of guanidine groups is 1. The lowest BCUT2D eigenvalue weighted by Gasteiger charge is -2.25. The molecule has 2 atom stereocenters. The van der Waals surface area contributed by atoms with Crippen LogP contribution < -0.4 is 5.73 Å². The van der Waals surface area contributed by atoms with Gasteiger partial charge in [0.05, 0.1) is 6.61 Å². The summed E-state index contributed by atoms with van der Waals surface area (Å²) < 4.78 is 0. The second kappa shape index (κ2) is 2.87. The van der Waals surface area contributed by atoms with Crippen LogP contribution in [0.4, 0.5) is 0 Å². The summed E-state index contributed by atoms with van der Waals surface area (Å²) in [4.78, 5) is 1.89. The minimum Gasteiger partial charge on any atom is -0.396 e. The number of nitrogens with zero attached hydrogens (tertiary/aromatic N) is 1. The number of nitrogens with one attached hydrogen (secondary N) is 1. The van der Waals surface area contributed by atoms with Gasteiger partial charge in [0.1, 0.15) is 0 Å². The van der Waals surface area contributed by atoms with Gasteiger partial charge in [0.2, 0.25) is 0 Å².